The lowest BCUT2D eigenvalue weighted by atomic mass is 10.00. The number of anilines is 1. The van der Waals surface area contributed by atoms with Crippen molar-refractivity contribution in [2.24, 2.45) is 0 Å². The monoisotopic (exact) mass is 391 g/mol. The van der Waals surface area contributed by atoms with Gasteiger partial charge in [0.25, 0.3) is 5.91 Å². The topological polar surface area (TPSA) is 52.7 Å². The molecule has 152 valence electrons. The average Bonchev–Trinajstić information content (AvgIpc) is 2.76. The highest BCUT2D eigenvalue weighted by molar-refractivity contribution is 5.97. The van der Waals surface area contributed by atoms with Crippen molar-refractivity contribution < 1.29 is 9.59 Å². The third-order valence-corrected chi connectivity index (χ3v) is 5.25. The molecule has 2 aromatic carbocycles. The minimum atomic E-state index is -0.0611. The maximum absolute atomic E-state index is 12.5. The van der Waals surface area contributed by atoms with Crippen molar-refractivity contribution in [1.82, 2.24) is 9.80 Å². The number of amides is 2. The van der Waals surface area contributed by atoms with Gasteiger partial charge in [-0.25, -0.2) is 0 Å². The molecule has 0 aliphatic carbocycles. The number of carbonyl (C=O) groups is 2. The molecule has 2 aromatic rings. The Bertz CT molecular complexity index is 873. The zero-order valence-corrected chi connectivity index (χ0v) is 17.2. The molecule has 0 atom stereocenters. The van der Waals surface area contributed by atoms with Gasteiger partial charge in [-0.1, -0.05) is 42.5 Å². The molecule has 3 rings (SSSR count). The van der Waals surface area contributed by atoms with E-state index in [1.807, 2.05) is 32.0 Å². The van der Waals surface area contributed by atoms with E-state index < -0.39 is 0 Å². The van der Waals surface area contributed by atoms with Crippen molar-refractivity contribution in [1.29, 1.82) is 0 Å². The summed E-state index contributed by atoms with van der Waals surface area (Å²) in [5.74, 6) is -0.0743. The Balaban J connectivity index is 1.56. The van der Waals surface area contributed by atoms with Crippen molar-refractivity contribution in [3.05, 3.63) is 71.8 Å². The van der Waals surface area contributed by atoms with Crippen molar-refractivity contribution in [3.63, 3.8) is 0 Å². The molecule has 1 aliphatic rings. The summed E-state index contributed by atoms with van der Waals surface area (Å²) in [6.45, 7) is 7.21. The molecule has 29 heavy (non-hydrogen) atoms. The Morgan fingerprint density at radius 3 is 2.45 bits per heavy atom. The van der Waals surface area contributed by atoms with Crippen LogP contribution in [0.15, 0.2) is 60.7 Å². The second-order valence-electron chi connectivity index (χ2n) is 7.19. The standard InChI is InChI=1S/C24H29N3O2/c1-3-27(4-2)24(29)21-11-8-12-22(17-21)25-23(28)18-26-15-13-20(14-16-26)19-9-6-5-7-10-19/h5-13,17H,3-4,14-16,18H2,1-2H3,(H,25,28). The lowest BCUT2D eigenvalue weighted by Crippen LogP contribution is -2.36. The second-order valence-corrected chi connectivity index (χ2v) is 7.19. The molecule has 2 amide bonds. The molecule has 1 N–H and O–H groups in total. The summed E-state index contributed by atoms with van der Waals surface area (Å²) in [6.07, 6.45) is 3.14. The second kappa shape index (κ2) is 10.0. The first-order chi connectivity index (χ1) is 14.1. The fraction of sp³-hybridized carbons (Fsp3) is 0.333. The maximum Gasteiger partial charge on any atom is 0.253 e. The molecule has 0 bridgehead atoms. The quantitative estimate of drug-likeness (QED) is 0.779. The zero-order chi connectivity index (χ0) is 20.6. The predicted molar refractivity (Wildman–Crippen MR) is 118 cm³/mol. The van der Waals surface area contributed by atoms with Crippen LogP contribution >= 0.6 is 0 Å². The number of rotatable bonds is 7. The van der Waals surface area contributed by atoms with Crippen LogP contribution in [0.3, 0.4) is 0 Å². The highest BCUT2D eigenvalue weighted by atomic mass is 16.2. The third kappa shape index (κ3) is 5.55. The van der Waals surface area contributed by atoms with Gasteiger partial charge in [0.15, 0.2) is 0 Å². The molecular weight excluding hydrogens is 362 g/mol. The summed E-state index contributed by atoms with van der Waals surface area (Å²) in [5.41, 5.74) is 3.85. The summed E-state index contributed by atoms with van der Waals surface area (Å²) < 4.78 is 0. The van der Waals surface area contributed by atoms with Crippen molar-refractivity contribution >= 4 is 23.1 Å². The van der Waals surface area contributed by atoms with E-state index in [1.54, 1.807) is 17.0 Å². The van der Waals surface area contributed by atoms with Crippen LogP contribution in [0.4, 0.5) is 5.69 Å². The number of carbonyl (C=O) groups excluding carboxylic acids is 2. The largest absolute Gasteiger partial charge is 0.339 e. The minimum Gasteiger partial charge on any atom is -0.339 e. The molecule has 5 nitrogen and oxygen atoms in total. The molecule has 0 radical (unpaired) electrons. The Labute approximate surface area is 173 Å². The first-order valence-corrected chi connectivity index (χ1v) is 10.3. The minimum absolute atomic E-state index is 0.0132. The Hall–Kier alpha value is -2.92. The van der Waals surface area contributed by atoms with Crippen LogP contribution in [-0.2, 0) is 4.79 Å². The molecule has 0 saturated heterocycles. The van der Waals surface area contributed by atoms with Gasteiger partial charge < -0.3 is 10.2 Å². The van der Waals surface area contributed by atoms with E-state index in [0.29, 0.717) is 30.9 Å². The average molecular weight is 392 g/mol. The van der Waals surface area contributed by atoms with Gasteiger partial charge in [0.1, 0.15) is 0 Å². The van der Waals surface area contributed by atoms with E-state index in [0.717, 1.165) is 19.5 Å². The summed E-state index contributed by atoms with van der Waals surface area (Å²) in [6, 6.07) is 17.5. The SMILES string of the molecule is CCN(CC)C(=O)c1cccc(NC(=O)CN2CC=C(c3ccccc3)CC2)c1. The van der Waals surface area contributed by atoms with Crippen LogP contribution in [0.5, 0.6) is 0 Å². The van der Waals surface area contributed by atoms with Crippen molar-refractivity contribution in [3.8, 4) is 0 Å². The molecule has 0 aromatic heterocycles. The first kappa shape index (κ1) is 20.8. The van der Waals surface area contributed by atoms with Gasteiger partial charge in [-0.3, -0.25) is 14.5 Å². The molecule has 1 aliphatic heterocycles. The van der Waals surface area contributed by atoms with E-state index in [-0.39, 0.29) is 11.8 Å². The fourth-order valence-electron chi connectivity index (χ4n) is 3.60. The van der Waals surface area contributed by atoms with E-state index in [1.165, 1.54) is 11.1 Å². The summed E-state index contributed by atoms with van der Waals surface area (Å²) in [7, 11) is 0. The normalized spacial score (nSPS) is 14.2. The van der Waals surface area contributed by atoms with Gasteiger partial charge in [0, 0.05) is 37.4 Å². The van der Waals surface area contributed by atoms with E-state index in [4.69, 9.17) is 0 Å². The van der Waals surface area contributed by atoms with Crippen LogP contribution in [-0.4, -0.2) is 54.3 Å². The predicted octanol–water partition coefficient (Wildman–Crippen LogP) is 3.90. The number of nitrogens with one attached hydrogen (secondary N) is 1. The van der Waals surface area contributed by atoms with Gasteiger partial charge in [0.2, 0.25) is 5.91 Å². The van der Waals surface area contributed by atoms with Gasteiger partial charge in [0.05, 0.1) is 6.54 Å². The van der Waals surface area contributed by atoms with Crippen molar-refractivity contribution in [2.75, 3.05) is 38.0 Å². The zero-order valence-electron chi connectivity index (χ0n) is 17.2. The summed E-state index contributed by atoms with van der Waals surface area (Å²) in [5, 5.41) is 2.93. The lowest BCUT2D eigenvalue weighted by molar-refractivity contribution is -0.117. The van der Waals surface area contributed by atoms with Crippen LogP contribution in [0.1, 0.15) is 36.2 Å². The van der Waals surface area contributed by atoms with Crippen LogP contribution in [0.2, 0.25) is 0 Å². The first-order valence-electron chi connectivity index (χ1n) is 10.3. The van der Waals surface area contributed by atoms with Gasteiger partial charge >= 0.3 is 0 Å². The fourth-order valence-corrected chi connectivity index (χ4v) is 3.60. The highest BCUT2D eigenvalue weighted by Gasteiger charge is 2.17. The van der Waals surface area contributed by atoms with E-state index in [9.17, 15) is 9.59 Å². The Kier molecular flexibility index (Phi) is 7.19. The summed E-state index contributed by atoms with van der Waals surface area (Å²) in [4.78, 5) is 28.9. The molecule has 0 saturated carbocycles. The molecule has 5 heteroatoms. The molecule has 0 spiro atoms. The Morgan fingerprint density at radius 2 is 1.79 bits per heavy atom. The molecular formula is C24H29N3O2. The summed E-state index contributed by atoms with van der Waals surface area (Å²) >= 11 is 0. The smallest absolute Gasteiger partial charge is 0.253 e. The highest BCUT2D eigenvalue weighted by Crippen LogP contribution is 2.22. The van der Waals surface area contributed by atoms with E-state index >= 15 is 0 Å². The van der Waals surface area contributed by atoms with Gasteiger partial charge in [-0.05, 0) is 49.6 Å². The maximum atomic E-state index is 12.5. The number of benzene rings is 2. The number of nitrogens with zero attached hydrogens (tertiary/aromatic N) is 2. The van der Waals surface area contributed by atoms with Crippen LogP contribution in [0, 0.1) is 0 Å². The Morgan fingerprint density at radius 1 is 1.03 bits per heavy atom. The van der Waals surface area contributed by atoms with Crippen LogP contribution < -0.4 is 5.32 Å². The number of hydrogen-bond acceptors (Lipinski definition) is 3. The molecule has 1 heterocycles. The lowest BCUT2D eigenvalue weighted by Gasteiger charge is -2.26. The molecule has 0 unspecified atom stereocenters. The molecule has 0 fully saturated rings. The number of hydrogen-bond donors (Lipinski definition) is 1. The van der Waals surface area contributed by atoms with Crippen molar-refractivity contribution in [2.45, 2.75) is 20.3 Å². The van der Waals surface area contributed by atoms with Crippen LogP contribution in [0.25, 0.3) is 5.57 Å². The van der Waals surface area contributed by atoms with Gasteiger partial charge in [-0.2, -0.15) is 0 Å². The van der Waals surface area contributed by atoms with E-state index in [2.05, 4.69) is 40.6 Å². The van der Waals surface area contributed by atoms with Gasteiger partial charge in [-0.15, -0.1) is 0 Å². The third-order valence-electron chi connectivity index (χ3n) is 5.25.